The first kappa shape index (κ1) is 28.8. The van der Waals surface area contributed by atoms with E-state index in [2.05, 4.69) is 29.2 Å². The Morgan fingerprint density at radius 3 is 2.36 bits per heavy atom. The minimum Gasteiger partial charge on any atom is -0.494 e. The number of carbonyl (C=O) groups excluding carboxylic acids is 1. The summed E-state index contributed by atoms with van der Waals surface area (Å²) >= 11 is 5.92. The lowest BCUT2D eigenvalue weighted by Gasteiger charge is -2.34. The van der Waals surface area contributed by atoms with Crippen LogP contribution in [0.1, 0.15) is 28.4 Å². The van der Waals surface area contributed by atoms with Crippen molar-refractivity contribution in [2.45, 2.75) is 18.4 Å². The molecule has 0 atom stereocenters. The first-order valence-electron chi connectivity index (χ1n) is 13.0. The molecule has 0 spiro atoms. The molecule has 0 aromatic heterocycles. The van der Waals surface area contributed by atoms with E-state index in [1.165, 1.54) is 29.0 Å². The number of benzene rings is 3. The fraction of sp³-hybridized carbons (Fsp3) is 0.300. The van der Waals surface area contributed by atoms with E-state index in [-0.39, 0.29) is 17.3 Å². The molecular weight excluding hydrogens is 534 g/mol. The van der Waals surface area contributed by atoms with Crippen LogP contribution in [0.5, 0.6) is 5.75 Å². The topological polar surface area (TPSA) is 70.2 Å². The van der Waals surface area contributed by atoms with Crippen LogP contribution in [0, 0.1) is 0 Å². The molecule has 39 heavy (non-hydrogen) atoms. The number of rotatable bonds is 10. The molecule has 0 aliphatic carbocycles. The van der Waals surface area contributed by atoms with Crippen LogP contribution in [0.3, 0.4) is 0 Å². The molecule has 4 rings (SSSR count). The van der Waals surface area contributed by atoms with Gasteiger partial charge in [0.25, 0.3) is 5.91 Å². The van der Waals surface area contributed by atoms with Gasteiger partial charge in [0.15, 0.2) is 0 Å². The highest BCUT2D eigenvalue weighted by Crippen LogP contribution is 2.26. The molecule has 1 aliphatic rings. The molecule has 0 N–H and O–H groups in total. The minimum absolute atomic E-state index is 0.0585. The fourth-order valence-corrected chi connectivity index (χ4v) is 5.74. The number of nitrogens with zero attached hydrogens (tertiary/aromatic N) is 3. The molecule has 0 radical (unpaired) electrons. The molecule has 0 bridgehead atoms. The second kappa shape index (κ2) is 13.3. The number of hydrogen-bond donors (Lipinski definition) is 0. The van der Waals surface area contributed by atoms with Crippen molar-refractivity contribution in [1.82, 2.24) is 14.1 Å². The molecule has 0 unspecified atom stereocenters. The van der Waals surface area contributed by atoms with Gasteiger partial charge in [0, 0.05) is 62.5 Å². The van der Waals surface area contributed by atoms with Crippen molar-refractivity contribution in [3.8, 4) is 5.75 Å². The largest absolute Gasteiger partial charge is 0.494 e. The van der Waals surface area contributed by atoms with Crippen molar-refractivity contribution in [3.05, 3.63) is 101 Å². The molecule has 3 aromatic rings. The van der Waals surface area contributed by atoms with Crippen LogP contribution in [0.4, 0.5) is 0 Å². The summed E-state index contributed by atoms with van der Waals surface area (Å²) in [4.78, 5) is 17.7. The Hall–Kier alpha value is -3.17. The number of hydrogen-bond acceptors (Lipinski definition) is 5. The molecule has 0 saturated carbocycles. The van der Waals surface area contributed by atoms with Crippen molar-refractivity contribution in [2.75, 3.05) is 46.4 Å². The van der Waals surface area contributed by atoms with E-state index in [9.17, 15) is 13.2 Å². The van der Waals surface area contributed by atoms with Crippen LogP contribution in [0.2, 0.25) is 5.02 Å². The Bertz CT molecular complexity index is 1390. The van der Waals surface area contributed by atoms with Crippen LogP contribution in [0.25, 0.3) is 6.08 Å². The van der Waals surface area contributed by atoms with Gasteiger partial charge in [0.1, 0.15) is 5.75 Å². The number of sulfonamides is 1. The zero-order valence-corrected chi connectivity index (χ0v) is 23.9. The van der Waals surface area contributed by atoms with Crippen LogP contribution < -0.4 is 4.74 Å². The summed E-state index contributed by atoms with van der Waals surface area (Å²) in [6.07, 6.45) is 4.27. The van der Waals surface area contributed by atoms with Gasteiger partial charge in [0.05, 0.1) is 11.5 Å². The highest BCUT2D eigenvalue weighted by atomic mass is 35.5. The monoisotopic (exact) mass is 567 g/mol. The Labute approximate surface area is 236 Å². The van der Waals surface area contributed by atoms with E-state index in [0.29, 0.717) is 41.6 Å². The number of carbonyl (C=O) groups is 1. The van der Waals surface area contributed by atoms with Gasteiger partial charge < -0.3 is 9.64 Å². The predicted octanol–water partition coefficient (Wildman–Crippen LogP) is 5.03. The quantitative estimate of drug-likeness (QED) is 0.344. The van der Waals surface area contributed by atoms with Gasteiger partial charge in [-0.2, -0.15) is 4.31 Å². The maximum Gasteiger partial charge on any atom is 0.253 e. The number of ether oxygens (including phenoxy) is 1. The number of piperazine rings is 1. The maximum absolute atomic E-state index is 13.4. The average Bonchev–Trinajstić information content (AvgIpc) is 2.95. The molecule has 206 valence electrons. The smallest absolute Gasteiger partial charge is 0.253 e. The van der Waals surface area contributed by atoms with Crippen molar-refractivity contribution >= 4 is 33.6 Å². The van der Waals surface area contributed by atoms with Gasteiger partial charge >= 0.3 is 0 Å². The van der Waals surface area contributed by atoms with Crippen LogP contribution in [-0.4, -0.2) is 74.8 Å². The van der Waals surface area contributed by atoms with Crippen molar-refractivity contribution < 1.29 is 17.9 Å². The molecule has 3 aromatic carbocycles. The molecule has 1 saturated heterocycles. The van der Waals surface area contributed by atoms with Gasteiger partial charge in [0.2, 0.25) is 10.0 Å². The Kier molecular flexibility index (Phi) is 9.80. The predicted molar refractivity (Wildman–Crippen MR) is 156 cm³/mol. The van der Waals surface area contributed by atoms with Gasteiger partial charge in [-0.25, -0.2) is 8.42 Å². The normalized spacial score (nSPS) is 14.7. The van der Waals surface area contributed by atoms with E-state index in [1.54, 1.807) is 30.3 Å². The minimum atomic E-state index is -3.76. The third-order valence-corrected chi connectivity index (χ3v) is 8.72. The first-order valence-corrected chi connectivity index (χ1v) is 14.8. The average molecular weight is 568 g/mol. The van der Waals surface area contributed by atoms with Crippen LogP contribution in [-0.2, 0) is 16.6 Å². The molecule has 9 heteroatoms. The lowest BCUT2D eigenvalue weighted by Crippen LogP contribution is -2.48. The standard InChI is InChI=1S/C30H34ClN3O4S/c1-3-38-29-16-11-25(22-26(29)23-32(2)39(36,37)28-14-12-27(31)13-15-28)30(35)34-20-18-33(19-21-34)17-7-10-24-8-5-4-6-9-24/h4-16,22H,3,17-21,23H2,1-2H3/b10-7+. The van der Waals surface area contributed by atoms with Crippen molar-refractivity contribution in [2.24, 2.45) is 0 Å². The van der Waals surface area contributed by atoms with E-state index in [4.69, 9.17) is 16.3 Å². The highest BCUT2D eigenvalue weighted by molar-refractivity contribution is 7.89. The summed E-state index contributed by atoms with van der Waals surface area (Å²) in [6.45, 7) is 6.02. The van der Waals surface area contributed by atoms with Gasteiger partial charge in [-0.1, -0.05) is 54.1 Å². The van der Waals surface area contributed by atoms with Gasteiger partial charge in [-0.3, -0.25) is 9.69 Å². The second-order valence-corrected chi connectivity index (χ2v) is 11.9. The third kappa shape index (κ3) is 7.48. The molecule has 7 nitrogen and oxygen atoms in total. The van der Waals surface area contributed by atoms with E-state index in [1.807, 2.05) is 30.0 Å². The lowest BCUT2D eigenvalue weighted by atomic mass is 10.1. The highest BCUT2D eigenvalue weighted by Gasteiger charge is 2.25. The molecule has 1 fully saturated rings. The van der Waals surface area contributed by atoms with E-state index < -0.39 is 10.0 Å². The summed E-state index contributed by atoms with van der Waals surface area (Å²) in [5.74, 6) is 0.490. The summed E-state index contributed by atoms with van der Waals surface area (Å²) in [5, 5.41) is 0.464. The Morgan fingerprint density at radius 1 is 1.00 bits per heavy atom. The summed E-state index contributed by atoms with van der Waals surface area (Å²) in [6, 6.07) is 21.5. The van der Waals surface area contributed by atoms with Gasteiger partial charge in [-0.15, -0.1) is 0 Å². The van der Waals surface area contributed by atoms with Crippen molar-refractivity contribution in [1.29, 1.82) is 0 Å². The molecule has 1 aliphatic heterocycles. The number of amides is 1. The van der Waals surface area contributed by atoms with Crippen molar-refractivity contribution in [3.63, 3.8) is 0 Å². The molecular formula is C30H34ClN3O4S. The molecule has 1 amide bonds. The number of halogens is 1. The summed E-state index contributed by atoms with van der Waals surface area (Å²) in [7, 11) is -2.24. The van der Waals surface area contributed by atoms with E-state index >= 15 is 0 Å². The zero-order valence-electron chi connectivity index (χ0n) is 22.3. The van der Waals surface area contributed by atoms with E-state index in [0.717, 1.165) is 19.6 Å². The second-order valence-electron chi connectivity index (χ2n) is 9.38. The molecule has 1 heterocycles. The first-order chi connectivity index (χ1) is 18.8. The fourth-order valence-electron chi connectivity index (χ4n) is 4.46. The third-order valence-electron chi connectivity index (χ3n) is 6.66. The maximum atomic E-state index is 13.4. The SMILES string of the molecule is CCOc1ccc(C(=O)N2CCN(C/C=C/c3ccccc3)CC2)cc1CN(C)S(=O)(=O)c1ccc(Cl)cc1. The Balaban J connectivity index is 1.41. The summed E-state index contributed by atoms with van der Waals surface area (Å²) < 4.78 is 33.3. The lowest BCUT2D eigenvalue weighted by molar-refractivity contribution is 0.0650. The van der Waals surface area contributed by atoms with Gasteiger partial charge in [-0.05, 0) is 55.0 Å². The summed E-state index contributed by atoms with van der Waals surface area (Å²) in [5.41, 5.74) is 2.32. The van der Waals surface area contributed by atoms with Crippen LogP contribution in [0.15, 0.2) is 83.8 Å². The van der Waals surface area contributed by atoms with Crippen LogP contribution >= 0.6 is 11.6 Å². The zero-order chi connectivity index (χ0) is 27.8. The Morgan fingerprint density at radius 2 is 1.69 bits per heavy atom.